The Morgan fingerprint density at radius 3 is 2.65 bits per heavy atom. The number of urea groups is 1. The summed E-state index contributed by atoms with van der Waals surface area (Å²) in [6.07, 6.45) is -0.438. The van der Waals surface area contributed by atoms with Gasteiger partial charge in [-0.25, -0.2) is 4.79 Å². The third-order valence-corrected chi connectivity index (χ3v) is 2.54. The second-order valence-electron chi connectivity index (χ2n) is 4.87. The monoisotopic (exact) mass is 281 g/mol. The molecule has 0 aliphatic rings. The van der Waals surface area contributed by atoms with Crippen LogP contribution < -0.4 is 10.6 Å². The van der Waals surface area contributed by atoms with E-state index in [-0.39, 0.29) is 13.1 Å². The Bertz CT molecular complexity index is 488. The number of rotatable bonds is 6. The first kappa shape index (κ1) is 15.9. The van der Waals surface area contributed by atoms with Crippen molar-refractivity contribution in [3.63, 3.8) is 0 Å². The summed E-state index contributed by atoms with van der Waals surface area (Å²) < 4.78 is 0. The molecule has 0 saturated heterocycles. The molecule has 0 radical (unpaired) electrons. The highest BCUT2D eigenvalue weighted by Gasteiger charge is 2.24. The number of hydrogen-bond donors (Lipinski definition) is 4. The van der Waals surface area contributed by atoms with E-state index in [0.29, 0.717) is 0 Å². The lowest BCUT2D eigenvalue weighted by molar-refractivity contribution is -0.141. The number of carboxylic acids is 1. The summed E-state index contributed by atoms with van der Waals surface area (Å²) in [4.78, 5) is 26.3. The zero-order valence-corrected chi connectivity index (χ0v) is 11.5. The molecule has 1 aromatic heterocycles. The van der Waals surface area contributed by atoms with Gasteiger partial charge in [0, 0.05) is 12.2 Å². The molecule has 110 valence electrons. The third-order valence-electron chi connectivity index (χ3n) is 2.54. The first-order valence-corrected chi connectivity index (χ1v) is 6.17. The molecule has 1 aromatic rings. The predicted molar refractivity (Wildman–Crippen MR) is 72.1 cm³/mol. The summed E-state index contributed by atoms with van der Waals surface area (Å²) in [6, 6.07) is 4.99. The van der Waals surface area contributed by atoms with Crippen molar-refractivity contribution in [2.24, 2.45) is 0 Å². The van der Waals surface area contributed by atoms with E-state index in [2.05, 4.69) is 15.6 Å². The Morgan fingerprint density at radius 2 is 2.05 bits per heavy atom. The molecular weight excluding hydrogens is 262 g/mol. The molecule has 0 saturated carbocycles. The number of carboxylic acid groups (broad SMARTS) is 1. The van der Waals surface area contributed by atoms with Crippen molar-refractivity contribution in [2.75, 3.05) is 6.54 Å². The number of hydrogen-bond acceptors (Lipinski definition) is 4. The van der Waals surface area contributed by atoms with Gasteiger partial charge in [0.2, 0.25) is 0 Å². The summed E-state index contributed by atoms with van der Waals surface area (Å²) in [7, 11) is 0. The zero-order chi connectivity index (χ0) is 15.2. The lowest BCUT2D eigenvalue weighted by atomic mass is 10.0. The van der Waals surface area contributed by atoms with Gasteiger partial charge < -0.3 is 20.8 Å². The molecule has 2 amide bonds. The fraction of sp³-hybridized carbons (Fsp3) is 0.462. The number of carbonyl (C=O) groups is 2. The maximum Gasteiger partial charge on any atom is 0.315 e. The van der Waals surface area contributed by atoms with Gasteiger partial charge in [-0.3, -0.25) is 9.78 Å². The van der Waals surface area contributed by atoms with Crippen LogP contribution in [-0.2, 0) is 11.3 Å². The highest BCUT2D eigenvalue weighted by molar-refractivity contribution is 5.74. The standard InChI is InChI=1S/C13H19N3O4/c1-9-4-3-5-10(16-9)7-14-12(19)15-8-13(2,20)6-11(17)18/h3-5,20H,6-8H2,1-2H3,(H,17,18)(H2,14,15,19). The van der Waals surface area contributed by atoms with Crippen LogP contribution in [0, 0.1) is 6.92 Å². The van der Waals surface area contributed by atoms with Gasteiger partial charge in [0.05, 0.1) is 24.3 Å². The molecule has 1 unspecified atom stereocenters. The molecule has 0 bridgehead atoms. The van der Waals surface area contributed by atoms with E-state index >= 15 is 0 Å². The number of aliphatic hydroxyl groups is 1. The van der Waals surface area contributed by atoms with Gasteiger partial charge in [0.1, 0.15) is 0 Å². The smallest absolute Gasteiger partial charge is 0.315 e. The van der Waals surface area contributed by atoms with Crippen LogP contribution in [0.15, 0.2) is 18.2 Å². The molecule has 1 rings (SSSR count). The maximum absolute atomic E-state index is 11.5. The minimum atomic E-state index is -1.48. The molecule has 20 heavy (non-hydrogen) atoms. The minimum Gasteiger partial charge on any atom is -0.481 e. The summed E-state index contributed by atoms with van der Waals surface area (Å²) >= 11 is 0. The molecule has 0 fully saturated rings. The van der Waals surface area contributed by atoms with Crippen LogP contribution in [0.4, 0.5) is 4.79 Å². The molecule has 4 N–H and O–H groups in total. The van der Waals surface area contributed by atoms with Crippen molar-refractivity contribution < 1.29 is 19.8 Å². The largest absolute Gasteiger partial charge is 0.481 e. The lowest BCUT2D eigenvalue weighted by Gasteiger charge is -2.21. The van der Waals surface area contributed by atoms with Crippen LogP contribution in [0.2, 0.25) is 0 Å². The number of aromatic nitrogens is 1. The van der Waals surface area contributed by atoms with E-state index in [1.165, 1.54) is 6.92 Å². The van der Waals surface area contributed by atoms with E-state index in [1.807, 2.05) is 19.1 Å². The van der Waals surface area contributed by atoms with Gasteiger partial charge in [0.15, 0.2) is 0 Å². The molecular formula is C13H19N3O4. The van der Waals surface area contributed by atoms with Crippen molar-refractivity contribution in [3.05, 3.63) is 29.6 Å². The number of aryl methyl sites for hydroxylation is 1. The second-order valence-corrected chi connectivity index (χ2v) is 4.87. The van der Waals surface area contributed by atoms with E-state index in [9.17, 15) is 14.7 Å². The van der Waals surface area contributed by atoms with E-state index < -0.39 is 24.0 Å². The van der Waals surface area contributed by atoms with Crippen LogP contribution in [-0.4, -0.2) is 39.3 Å². The summed E-state index contributed by atoms with van der Waals surface area (Å²) in [5.41, 5.74) is 0.0941. The number of nitrogens with zero attached hydrogens (tertiary/aromatic N) is 1. The second kappa shape index (κ2) is 6.85. The summed E-state index contributed by atoms with van der Waals surface area (Å²) in [5.74, 6) is -1.12. The fourth-order valence-electron chi connectivity index (χ4n) is 1.59. The van der Waals surface area contributed by atoms with Gasteiger partial charge >= 0.3 is 12.0 Å². The molecule has 0 aliphatic heterocycles. The Hall–Kier alpha value is -2.15. The van der Waals surface area contributed by atoms with Crippen molar-refractivity contribution in [1.29, 1.82) is 0 Å². The third kappa shape index (κ3) is 6.14. The topological polar surface area (TPSA) is 112 Å². The van der Waals surface area contributed by atoms with Crippen molar-refractivity contribution in [3.8, 4) is 0 Å². The van der Waals surface area contributed by atoms with Crippen molar-refractivity contribution >= 4 is 12.0 Å². The number of nitrogens with one attached hydrogen (secondary N) is 2. The molecule has 0 spiro atoms. The predicted octanol–water partition coefficient (Wildman–Crippen LogP) is 0.415. The van der Waals surface area contributed by atoms with Gasteiger partial charge in [-0.05, 0) is 26.0 Å². The molecule has 1 heterocycles. The molecule has 7 nitrogen and oxygen atoms in total. The fourth-order valence-corrected chi connectivity index (χ4v) is 1.59. The van der Waals surface area contributed by atoms with E-state index in [1.54, 1.807) is 6.07 Å². The van der Waals surface area contributed by atoms with Gasteiger partial charge in [0.25, 0.3) is 0 Å². The lowest BCUT2D eigenvalue weighted by Crippen LogP contribution is -2.45. The zero-order valence-electron chi connectivity index (χ0n) is 11.5. The summed E-state index contributed by atoms with van der Waals surface area (Å²) in [5, 5.41) is 23.3. The average molecular weight is 281 g/mol. The number of aliphatic carboxylic acids is 1. The number of pyridine rings is 1. The number of carbonyl (C=O) groups excluding carboxylic acids is 1. The van der Waals surface area contributed by atoms with E-state index in [4.69, 9.17) is 5.11 Å². The first-order valence-electron chi connectivity index (χ1n) is 6.17. The van der Waals surface area contributed by atoms with Crippen molar-refractivity contribution in [2.45, 2.75) is 32.4 Å². The highest BCUT2D eigenvalue weighted by Crippen LogP contribution is 2.07. The quantitative estimate of drug-likeness (QED) is 0.603. The van der Waals surface area contributed by atoms with E-state index in [0.717, 1.165) is 11.4 Å². The van der Waals surface area contributed by atoms with Gasteiger partial charge in [-0.15, -0.1) is 0 Å². The average Bonchev–Trinajstić information content (AvgIpc) is 2.32. The molecule has 1 atom stereocenters. The molecule has 0 aliphatic carbocycles. The van der Waals surface area contributed by atoms with Crippen LogP contribution >= 0.6 is 0 Å². The Labute approximate surface area is 117 Å². The van der Waals surface area contributed by atoms with Crippen molar-refractivity contribution in [1.82, 2.24) is 15.6 Å². The Kier molecular flexibility index (Phi) is 5.45. The van der Waals surface area contributed by atoms with Crippen LogP contribution in [0.1, 0.15) is 24.7 Å². The molecule has 0 aromatic carbocycles. The van der Waals surface area contributed by atoms with Crippen LogP contribution in [0.25, 0.3) is 0 Å². The Morgan fingerprint density at radius 1 is 1.35 bits per heavy atom. The van der Waals surface area contributed by atoms with Crippen LogP contribution in [0.5, 0.6) is 0 Å². The normalized spacial score (nSPS) is 13.3. The first-order chi connectivity index (χ1) is 9.28. The minimum absolute atomic E-state index is 0.146. The number of amides is 2. The maximum atomic E-state index is 11.5. The van der Waals surface area contributed by atoms with Crippen LogP contribution in [0.3, 0.4) is 0 Å². The summed E-state index contributed by atoms with van der Waals surface area (Å²) in [6.45, 7) is 3.32. The van der Waals surface area contributed by atoms with Gasteiger partial charge in [-0.2, -0.15) is 0 Å². The SMILES string of the molecule is Cc1cccc(CNC(=O)NCC(C)(O)CC(=O)O)n1. The highest BCUT2D eigenvalue weighted by atomic mass is 16.4. The molecule has 7 heteroatoms. The van der Waals surface area contributed by atoms with Gasteiger partial charge in [-0.1, -0.05) is 6.07 Å². The Balaban J connectivity index is 2.35.